The number of hydrogen-bond acceptors (Lipinski definition) is 5. The number of carbonyl (C=O) groups is 2. The molecular formula is C20H20BF2NO5. The standard InChI is InChI=1S/C20H20BF2NO5/c1-20(22,23)11-17(25)24-16-10-14-8-5-9-15(18(14)29-21(16)27)19(26)28-12-13-6-3-2-4-7-13/h2-9,16,27H,10-12H2,1H3,(H,24,25). The van der Waals surface area contributed by atoms with Crippen molar-refractivity contribution >= 4 is 19.0 Å². The highest BCUT2D eigenvalue weighted by Crippen LogP contribution is 2.31. The monoisotopic (exact) mass is 403 g/mol. The molecule has 9 heteroatoms. The number of nitrogens with one attached hydrogen (secondary N) is 1. The Labute approximate surface area is 167 Å². The molecule has 2 aromatic rings. The molecule has 2 aromatic carbocycles. The summed E-state index contributed by atoms with van der Waals surface area (Å²) in [5.74, 6) is -5.42. The summed E-state index contributed by atoms with van der Waals surface area (Å²) in [6.45, 7) is 0.721. The van der Waals surface area contributed by atoms with Gasteiger partial charge < -0.3 is 19.7 Å². The average Bonchev–Trinajstić information content (AvgIpc) is 2.65. The Morgan fingerprint density at radius 2 is 1.97 bits per heavy atom. The minimum atomic E-state index is -3.15. The van der Waals surface area contributed by atoms with E-state index < -0.39 is 37.3 Å². The topological polar surface area (TPSA) is 84.9 Å². The fraction of sp³-hybridized carbons (Fsp3) is 0.300. The minimum absolute atomic E-state index is 0.0792. The Morgan fingerprint density at radius 3 is 2.66 bits per heavy atom. The van der Waals surface area contributed by atoms with Gasteiger partial charge in [0.15, 0.2) is 0 Å². The summed E-state index contributed by atoms with van der Waals surface area (Å²) in [5, 5.41) is 12.6. The molecule has 2 N–H and O–H groups in total. The minimum Gasteiger partial charge on any atom is -0.534 e. The van der Waals surface area contributed by atoms with Crippen LogP contribution in [-0.2, 0) is 22.6 Å². The van der Waals surface area contributed by atoms with Crippen LogP contribution >= 0.6 is 0 Å². The van der Waals surface area contributed by atoms with Crippen LogP contribution in [0.25, 0.3) is 0 Å². The van der Waals surface area contributed by atoms with Crippen LogP contribution in [0.4, 0.5) is 8.78 Å². The van der Waals surface area contributed by atoms with Crippen molar-refractivity contribution in [2.75, 3.05) is 0 Å². The Hall–Kier alpha value is -2.94. The van der Waals surface area contributed by atoms with Crippen LogP contribution in [0.5, 0.6) is 5.75 Å². The molecule has 1 unspecified atom stereocenters. The SMILES string of the molecule is CC(F)(F)CC(=O)NC1Cc2cccc(C(=O)OCc3ccccc3)c2OB1O. The Bertz CT molecular complexity index is 888. The number of rotatable bonds is 6. The van der Waals surface area contributed by atoms with Gasteiger partial charge in [0.2, 0.25) is 5.91 Å². The number of carbonyl (C=O) groups excluding carboxylic acids is 2. The molecule has 6 nitrogen and oxygen atoms in total. The van der Waals surface area contributed by atoms with E-state index in [-0.39, 0.29) is 24.3 Å². The molecule has 1 aliphatic heterocycles. The highest BCUT2D eigenvalue weighted by Gasteiger charge is 2.39. The van der Waals surface area contributed by atoms with Crippen molar-refractivity contribution in [1.29, 1.82) is 0 Å². The summed E-state index contributed by atoms with van der Waals surface area (Å²) in [5.41, 5.74) is 1.52. The predicted molar refractivity (Wildman–Crippen MR) is 101 cm³/mol. The second-order valence-electron chi connectivity index (χ2n) is 6.99. The molecule has 0 saturated carbocycles. The van der Waals surface area contributed by atoms with Gasteiger partial charge in [-0.2, -0.15) is 0 Å². The smallest absolute Gasteiger partial charge is 0.534 e. The number of para-hydroxylation sites is 1. The summed E-state index contributed by atoms with van der Waals surface area (Å²) in [7, 11) is -1.49. The number of benzene rings is 2. The molecule has 0 aromatic heterocycles. The summed E-state index contributed by atoms with van der Waals surface area (Å²) in [4.78, 5) is 24.2. The summed E-state index contributed by atoms with van der Waals surface area (Å²) >= 11 is 0. The van der Waals surface area contributed by atoms with Gasteiger partial charge in [-0.15, -0.1) is 0 Å². The van der Waals surface area contributed by atoms with Gasteiger partial charge >= 0.3 is 13.1 Å². The van der Waals surface area contributed by atoms with E-state index in [2.05, 4.69) is 5.32 Å². The molecule has 3 rings (SSSR count). The van der Waals surface area contributed by atoms with Gasteiger partial charge in [0.25, 0.3) is 5.92 Å². The highest BCUT2D eigenvalue weighted by atomic mass is 19.3. The van der Waals surface area contributed by atoms with Crippen molar-refractivity contribution in [3.05, 3.63) is 65.2 Å². The number of hydrogen-bond donors (Lipinski definition) is 2. The Morgan fingerprint density at radius 1 is 1.24 bits per heavy atom. The number of esters is 1. The maximum atomic E-state index is 13.0. The van der Waals surface area contributed by atoms with E-state index in [1.165, 1.54) is 6.07 Å². The fourth-order valence-corrected chi connectivity index (χ4v) is 3.05. The Balaban J connectivity index is 1.69. The second kappa shape index (κ2) is 8.61. The molecule has 1 amide bonds. The van der Waals surface area contributed by atoms with Gasteiger partial charge in [-0.1, -0.05) is 42.5 Å². The van der Waals surface area contributed by atoms with Crippen LogP contribution in [-0.4, -0.2) is 35.9 Å². The molecule has 0 spiro atoms. The first-order chi connectivity index (χ1) is 13.7. The van der Waals surface area contributed by atoms with Crippen molar-refractivity contribution in [1.82, 2.24) is 5.32 Å². The first kappa shape index (κ1) is 20.8. The maximum Gasteiger partial charge on any atom is 0.547 e. The Kier molecular flexibility index (Phi) is 6.17. The van der Waals surface area contributed by atoms with Crippen molar-refractivity contribution in [2.45, 2.75) is 38.2 Å². The van der Waals surface area contributed by atoms with Crippen LogP contribution in [0.1, 0.15) is 34.8 Å². The third kappa shape index (κ3) is 5.54. The van der Waals surface area contributed by atoms with Crippen LogP contribution in [0, 0.1) is 0 Å². The molecule has 0 radical (unpaired) electrons. The van der Waals surface area contributed by atoms with Crippen LogP contribution < -0.4 is 9.97 Å². The zero-order chi connectivity index (χ0) is 21.0. The van der Waals surface area contributed by atoms with Gasteiger partial charge in [0.1, 0.15) is 17.9 Å². The highest BCUT2D eigenvalue weighted by molar-refractivity contribution is 6.47. The summed E-state index contributed by atoms with van der Waals surface area (Å²) < 4.78 is 36.7. The molecular weight excluding hydrogens is 383 g/mol. The first-order valence-corrected chi connectivity index (χ1v) is 9.08. The number of alkyl halides is 2. The van der Waals surface area contributed by atoms with E-state index in [0.29, 0.717) is 12.5 Å². The van der Waals surface area contributed by atoms with Gasteiger partial charge in [0.05, 0.1) is 12.4 Å². The van der Waals surface area contributed by atoms with E-state index in [9.17, 15) is 23.4 Å². The number of halogens is 2. The van der Waals surface area contributed by atoms with Crippen LogP contribution in [0.15, 0.2) is 48.5 Å². The van der Waals surface area contributed by atoms with E-state index in [0.717, 1.165) is 5.56 Å². The lowest BCUT2D eigenvalue weighted by Crippen LogP contribution is -2.53. The van der Waals surface area contributed by atoms with E-state index in [4.69, 9.17) is 9.39 Å². The third-order valence-electron chi connectivity index (χ3n) is 4.37. The lowest BCUT2D eigenvalue weighted by Gasteiger charge is -2.29. The van der Waals surface area contributed by atoms with Gasteiger partial charge in [0, 0.05) is 0 Å². The molecule has 1 aliphatic rings. The van der Waals surface area contributed by atoms with Crippen molar-refractivity contribution in [2.24, 2.45) is 0 Å². The van der Waals surface area contributed by atoms with E-state index >= 15 is 0 Å². The third-order valence-corrected chi connectivity index (χ3v) is 4.37. The summed E-state index contributed by atoms with van der Waals surface area (Å²) in [6, 6.07) is 14.0. The van der Waals surface area contributed by atoms with Crippen LogP contribution in [0.3, 0.4) is 0 Å². The molecule has 152 valence electrons. The number of ether oxygens (including phenoxy) is 1. The second-order valence-corrected chi connectivity index (χ2v) is 6.99. The summed E-state index contributed by atoms with van der Waals surface area (Å²) in [6.07, 6.45) is -0.869. The van der Waals surface area contributed by atoms with E-state index in [1.54, 1.807) is 12.1 Å². The average molecular weight is 403 g/mol. The largest absolute Gasteiger partial charge is 0.547 e. The van der Waals surface area contributed by atoms with Crippen molar-refractivity contribution < 1.29 is 32.8 Å². The maximum absolute atomic E-state index is 13.0. The molecule has 1 atom stereocenters. The number of amides is 1. The fourth-order valence-electron chi connectivity index (χ4n) is 3.05. The number of fused-ring (bicyclic) bond motifs is 1. The van der Waals surface area contributed by atoms with Gasteiger partial charge in [-0.25, -0.2) is 13.6 Å². The molecule has 0 bridgehead atoms. The zero-order valence-corrected chi connectivity index (χ0v) is 15.7. The predicted octanol–water partition coefficient (Wildman–Crippen LogP) is 2.53. The quantitative estimate of drug-likeness (QED) is 0.572. The van der Waals surface area contributed by atoms with Crippen molar-refractivity contribution in [3.63, 3.8) is 0 Å². The van der Waals surface area contributed by atoms with Crippen molar-refractivity contribution in [3.8, 4) is 5.75 Å². The van der Waals surface area contributed by atoms with E-state index in [1.807, 2.05) is 30.3 Å². The van der Waals surface area contributed by atoms with Crippen LogP contribution in [0.2, 0.25) is 0 Å². The lowest BCUT2D eigenvalue weighted by molar-refractivity contribution is -0.127. The first-order valence-electron chi connectivity index (χ1n) is 9.08. The van der Waals surface area contributed by atoms with Gasteiger partial charge in [-0.05, 0) is 30.5 Å². The molecule has 29 heavy (non-hydrogen) atoms. The zero-order valence-electron chi connectivity index (χ0n) is 15.7. The molecule has 1 heterocycles. The molecule has 0 saturated heterocycles. The molecule has 0 fully saturated rings. The van der Waals surface area contributed by atoms with Gasteiger partial charge in [-0.3, -0.25) is 4.79 Å². The normalized spacial score (nSPS) is 15.9. The molecule has 0 aliphatic carbocycles. The lowest BCUT2D eigenvalue weighted by atomic mass is 9.72.